The zero-order valence-electron chi connectivity index (χ0n) is 22.6. The Morgan fingerprint density at radius 1 is 0.743 bits per heavy atom. The van der Waals surface area contributed by atoms with Crippen LogP contribution in [0, 0.1) is 0 Å². The minimum absolute atomic E-state index is 0.181. The molecule has 0 aromatic carbocycles. The quantitative estimate of drug-likeness (QED) is 0.179. The molecule has 1 aliphatic rings. The Morgan fingerprint density at radius 3 is 1.77 bits per heavy atom. The average molecular weight is 507 g/mol. The van der Waals surface area contributed by atoms with E-state index in [1.54, 1.807) is 7.11 Å². The SMILES string of the molecule is CCCCCCCCCCCCCCCCOC[C@H](CO[C@@H]1O[C@@H](CO)[C@@H](O)[C@H](O)[C@@H]1OC)OC. The van der Waals surface area contributed by atoms with Gasteiger partial charge in [-0.1, -0.05) is 90.4 Å². The molecule has 0 saturated carbocycles. The van der Waals surface area contributed by atoms with Crippen LogP contribution in [0.1, 0.15) is 96.8 Å². The Bertz CT molecular complexity index is 466. The summed E-state index contributed by atoms with van der Waals surface area (Å²) in [6.07, 6.45) is 13.2. The van der Waals surface area contributed by atoms with Gasteiger partial charge in [-0.15, -0.1) is 0 Å². The van der Waals surface area contributed by atoms with Crippen molar-refractivity contribution in [2.75, 3.05) is 40.6 Å². The minimum Gasteiger partial charge on any atom is -0.394 e. The Labute approximate surface area is 213 Å². The number of rotatable bonds is 23. The lowest BCUT2D eigenvalue weighted by atomic mass is 9.99. The summed E-state index contributed by atoms with van der Waals surface area (Å²) in [5.74, 6) is 0. The molecule has 210 valence electrons. The first kappa shape index (κ1) is 32.7. The Balaban J connectivity index is 2.02. The van der Waals surface area contributed by atoms with Crippen molar-refractivity contribution in [3.05, 3.63) is 0 Å². The number of ether oxygens (including phenoxy) is 5. The molecule has 3 N–H and O–H groups in total. The molecule has 1 fully saturated rings. The van der Waals surface area contributed by atoms with Crippen LogP contribution < -0.4 is 0 Å². The molecule has 1 heterocycles. The fourth-order valence-corrected chi connectivity index (χ4v) is 4.44. The second-order valence-electron chi connectivity index (χ2n) is 9.77. The first-order chi connectivity index (χ1) is 17.1. The van der Waals surface area contributed by atoms with E-state index in [1.807, 2.05) is 0 Å². The molecular formula is C27H54O8. The van der Waals surface area contributed by atoms with E-state index in [0.29, 0.717) is 13.2 Å². The third-order valence-corrected chi connectivity index (χ3v) is 6.82. The maximum Gasteiger partial charge on any atom is 0.187 e. The Hall–Kier alpha value is -0.320. The summed E-state index contributed by atoms with van der Waals surface area (Å²) in [7, 11) is 3.00. The molecule has 0 aliphatic carbocycles. The van der Waals surface area contributed by atoms with Gasteiger partial charge in [0.1, 0.15) is 30.5 Å². The lowest BCUT2D eigenvalue weighted by molar-refractivity contribution is -0.310. The first-order valence-corrected chi connectivity index (χ1v) is 14.0. The number of aliphatic hydroxyl groups is 3. The predicted octanol–water partition coefficient (Wildman–Crippen LogP) is 3.97. The molecule has 0 radical (unpaired) electrons. The number of methoxy groups -OCH3 is 2. The molecule has 8 nitrogen and oxygen atoms in total. The summed E-state index contributed by atoms with van der Waals surface area (Å²) in [5, 5.41) is 29.5. The first-order valence-electron chi connectivity index (χ1n) is 14.0. The van der Waals surface area contributed by atoms with Crippen LogP contribution in [0.5, 0.6) is 0 Å². The predicted molar refractivity (Wildman–Crippen MR) is 136 cm³/mol. The molecule has 0 bridgehead atoms. The zero-order valence-corrected chi connectivity index (χ0v) is 22.6. The van der Waals surface area contributed by atoms with Crippen molar-refractivity contribution in [1.82, 2.24) is 0 Å². The summed E-state index contributed by atoms with van der Waals surface area (Å²) in [6.45, 7) is 3.11. The normalized spacial score (nSPS) is 25.7. The van der Waals surface area contributed by atoms with Crippen molar-refractivity contribution in [1.29, 1.82) is 0 Å². The van der Waals surface area contributed by atoms with Crippen molar-refractivity contribution in [3.8, 4) is 0 Å². The number of hydrogen-bond acceptors (Lipinski definition) is 8. The monoisotopic (exact) mass is 506 g/mol. The van der Waals surface area contributed by atoms with Gasteiger partial charge in [-0.05, 0) is 6.42 Å². The largest absolute Gasteiger partial charge is 0.394 e. The van der Waals surface area contributed by atoms with Crippen LogP contribution in [0.25, 0.3) is 0 Å². The summed E-state index contributed by atoms with van der Waals surface area (Å²) < 4.78 is 27.7. The lowest BCUT2D eigenvalue weighted by Gasteiger charge is -2.41. The topological polar surface area (TPSA) is 107 Å². The molecule has 0 unspecified atom stereocenters. The van der Waals surface area contributed by atoms with Gasteiger partial charge >= 0.3 is 0 Å². The van der Waals surface area contributed by atoms with E-state index in [-0.39, 0.29) is 12.7 Å². The zero-order chi connectivity index (χ0) is 25.7. The maximum absolute atomic E-state index is 10.2. The molecule has 1 saturated heterocycles. The molecule has 6 atom stereocenters. The fourth-order valence-electron chi connectivity index (χ4n) is 4.44. The van der Waals surface area contributed by atoms with Gasteiger partial charge in [-0.25, -0.2) is 0 Å². The highest BCUT2D eigenvalue weighted by molar-refractivity contribution is 4.89. The third kappa shape index (κ3) is 14.3. The number of unbranched alkanes of at least 4 members (excludes halogenated alkanes) is 13. The van der Waals surface area contributed by atoms with Gasteiger partial charge in [-0.3, -0.25) is 0 Å². The molecule has 8 heteroatoms. The number of hydrogen-bond donors (Lipinski definition) is 3. The molecule has 1 rings (SSSR count). The lowest BCUT2D eigenvalue weighted by Crippen LogP contribution is -2.60. The van der Waals surface area contributed by atoms with Crippen LogP contribution >= 0.6 is 0 Å². The third-order valence-electron chi connectivity index (χ3n) is 6.82. The molecule has 0 amide bonds. The Morgan fingerprint density at radius 2 is 1.29 bits per heavy atom. The Kier molecular flexibility index (Phi) is 20.3. The smallest absolute Gasteiger partial charge is 0.187 e. The molecule has 0 spiro atoms. The van der Waals surface area contributed by atoms with Crippen LogP contribution in [0.2, 0.25) is 0 Å². The molecule has 35 heavy (non-hydrogen) atoms. The molecule has 1 aliphatic heterocycles. The van der Waals surface area contributed by atoms with Crippen LogP contribution in [-0.4, -0.2) is 92.8 Å². The van der Waals surface area contributed by atoms with E-state index in [1.165, 1.54) is 90.6 Å². The molecule has 0 aromatic rings. The van der Waals surface area contributed by atoms with Gasteiger partial charge < -0.3 is 39.0 Å². The highest BCUT2D eigenvalue weighted by Gasteiger charge is 2.45. The minimum atomic E-state index is -1.24. The van der Waals surface area contributed by atoms with Crippen molar-refractivity contribution >= 4 is 0 Å². The summed E-state index contributed by atoms with van der Waals surface area (Å²) in [6, 6.07) is 0. The highest BCUT2D eigenvalue weighted by atomic mass is 16.7. The van der Waals surface area contributed by atoms with Gasteiger partial charge in [0.05, 0.1) is 19.8 Å². The van der Waals surface area contributed by atoms with E-state index in [2.05, 4.69) is 6.92 Å². The van der Waals surface area contributed by atoms with Gasteiger partial charge in [-0.2, -0.15) is 0 Å². The molecular weight excluding hydrogens is 452 g/mol. The summed E-state index contributed by atoms with van der Waals surface area (Å²) >= 11 is 0. The van der Waals surface area contributed by atoms with Crippen LogP contribution in [0.3, 0.4) is 0 Å². The van der Waals surface area contributed by atoms with Gasteiger partial charge in [0, 0.05) is 20.8 Å². The molecule has 0 aromatic heterocycles. The van der Waals surface area contributed by atoms with E-state index in [4.69, 9.17) is 23.7 Å². The van der Waals surface area contributed by atoms with Crippen molar-refractivity contribution in [2.24, 2.45) is 0 Å². The maximum atomic E-state index is 10.2. The second kappa shape index (κ2) is 21.7. The van der Waals surface area contributed by atoms with Crippen LogP contribution in [0.15, 0.2) is 0 Å². The van der Waals surface area contributed by atoms with Crippen molar-refractivity contribution in [2.45, 2.75) is 134 Å². The fraction of sp³-hybridized carbons (Fsp3) is 1.00. The summed E-state index contributed by atoms with van der Waals surface area (Å²) in [4.78, 5) is 0. The summed E-state index contributed by atoms with van der Waals surface area (Å²) in [5.41, 5.74) is 0. The van der Waals surface area contributed by atoms with Crippen LogP contribution in [0.4, 0.5) is 0 Å². The average Bonchev–Trinajstić information content (AvgIpc) is 2.87. The highest BCUT2D eigenvalue weighted by Crippen LogP contribution is 2.24. The van der Waals surface area contributed by atoms with E-state index in [9.17, 15) is 15.3 Å². The van der Waals surface area contributed by atoms with Gasteiger partial charge in [0.25, 0.3) is 0 Å². The second-order valence-corrected chi connectivity index (χ2v) is 9.77. The van der Waals surface area contributed by atoms with Gasteiger partial charge in [0.15, 0.2) is 6.29 Å². The van der Waals surface area contributed by atoms with E-state index in [0.717, 1.165) is 6.42 Å². The van der Waals surface area contributed by atoms with Crippen molar-refractivity contribution in [3.63, 3.8) is 0 Å². The van der Waals surface area contributed by atoms with E-state index < -0.39 is 37.3 Å². The number of aliphatic hydroxyl groups excluding tert-OH is 3. The standard InChI is InChI=1S/C27H54O8/c1-4-5-6-7-8-9-10-11-12-13-14-15-16-17-18-33-20-22(31-2)21-34-27-26(32-3)25(30)24(29)23(19-28)35-27/h22-30H,4-21H2,1-3H3/t22-,23+,24-,25+,26+,27-/m1/s1. The van der Waals surface area contributed by atoms with E-state index >= 15 is 0 Å². The van der Waals surface area contributed by atoms with Gasteiger partial charge in [0.2, 0.25) is 0 Å². The van der Waals surface area contributed by atoms with Crippen molar-refractivity contribution < 1.29 is 39.0 Å². The van der Waals surface area contributed by atoms with Crippen LogP contribution in [-0.2, 0) is 23.7 Å².